The van der Waals surface area contributed by atoms with E-state index >= 15 is 0 Å². The van der Waals surface area contributed by atoms with Crippen molar-refractivity contribution in [1.82, 2.24) is 24.9 Å². The molecule has 1 aliphatic rings. The Balaban J connectivity index is 1.42. The Bertz CT molecular complexity index is 1500. The summed E-state index contributed by atoms with van der Waals surface area (Å²) in [7, 11) is 1.51. The summed E-state index contributed by atoms with van der Waals surface area (Å²) in [4.78, 5) is 37.1. The molecule has 1 aliphatic heterocycles. The number of carbonyl (C=O) groups is 1. The van der Waals surface area contributed by atoms with Crippen molar-refractivity contribution in [2.24, 2.45) is 0 Å². The SMILES string of the molecule is COc1cnc(Cl)cc1-c1cc(C)ncc1C(=O)Nc1nc2ncc(N3CCC(C)(O)C(F)C3)nc2s1. The number of aliphatic hydroxyl groups is 1. The number of methoxy groups -OCH3 is 1. The fourth-order valence-corrected chi connectivity index (χ4v) is 4.99. The standard InChI is InChI=1S/C24H23ClFN7O3S/c1-12-6-13(14-7-18(25)28-9-16(14)36-3)15(8-27-12)21(34)32-23-31-20-22(37-23)30-19(10-29-20)33-5-4-24(2,35)17(26)11-33/h6-10,17,35H,4-5,11H2,1-3H3,(H,29,31,32,34). The first-order chi connectivity index (χ1) is 17.6. The molecule has 2 unspecified atom stereocenters. The van der Waals surface area contributed by atoms with Crippen LogP contribution in [0.1, 0.15) is 29.4 Å². The third-order valence-corrected chi connectivity index (χ3v) is 7.29. The number of ether oxygens (including phenoxy) is 1. The Morgan fingerprint density at radius 1 is 1.24 bits per heavy atom. The van der Waals surface area contributed by atoms with Crippen LogP contribution in [0.25, 0.3) is 21.6 Å². The van der Waals surface area contributed by atoms with Gasteiger partial charge in [-0.05, 0) is 32.4 Å². The summed E-state index contributed by atoms with van der Waals surface area (Å²) in [5, 5.41) is 13.5. The third kappa shape index (κ3) is 5.04. The van der Waals surface area contributed by atoms with Gasteiger partial charge in [-0.3, -0.25) is 15.1 Å². The molecule has 0 aliphatic carbocycles. The van der Waals surface area contributed by atoms with Crippen molar-refractivity contribution < 1.29 is 19.0 Å². The molecule has 37 heavy (non-hydrogen) atoms. The summed E-state index contributed by atoms with van der Waals surface area (Å²) in [6, 6.07) is 3.39. The first-order valence-electron chi connectivity index (χ1n) is 11.4. The van der Waals surface area contributed by atoms with Crippen LogP contribution >= 0.6 is 22.9 Å². The lowest BCUT2D eigenvalue weighted by atomic mass is 9.92. The van der Waals surface area contributed by atoms with Crippen LogP contribution in [0.5, 0.6) is 5.75 Å². The molecule has 5 heterocycles. The highest BCUT2D eigenvalue weighted by Gasteiger charge is 2.38. The maximum Gasteiger partial charge on any atom is 0.259 e. The summed E-state index contributed by atoms with van der Waals surface area (Å²) in [5.41, 5.74) is 1.17. The summed E-state index contributed by atoms with van der Waals surface area (Å²) in [5.74, 6) is 0.508. The zero-order valence-corrected chi connectivity index (χ0v) is 21.8. The smallest absolute Gasteiger partial charge is 0.259 e. The molecule has 4 aromatic rings. The van der Waals surface area contributed by atoms with E-state index in [4.69, 9.17) is 16.3 Å². The first kappa shape index (κ1) is 25.2. The molecule has 2 N–H and O–H groups in total. The number of piperidine rings is 1. The van der Waals surface area contributed by atoms with Gasteiger partial charge in [-0.1, -0.05) is 22.9 Å². The van der Waals surface area contributed by atoms with E-state index in [0.29, 0.717) is 56.1 Å². The van der Waals surface area contributed by atoms with Gasteiger partial charge in [0.25, 0.3) is 5.91 Å². The number of hydrogen-bond acceptors (Lipinski definition) is 10. The molecule has 192 valence electrons. The molecule has 0 bridgehead atoms. The van der Waals surface area contributed by atoms with E-state index in [2.05, 4.69) is 30.2 Å². The van der Waals surface area contributed by atoms with Gasteiger partial charge < -0.3 is 14.7 Å². The van der Waals surface area contributed by atoms with Crippen LogP contribution < -0.4 is 15.0 Å². The Morgan fingerprint density at radius 2 is 2.05 bits per heavy atom. The Morgan fingerprint density at radius 3 is 2.81 bits per heavy atom. The fourth-order valence-electron chi connectivity index (χ4n) is 4.04. The summed E-state index contributed by atoms with van der Waals surface area (Å²) in [6.45, 7) is 3.77. The lowest BCUT2D eigenvalue weighted by molar-refractivity contribution is -0.0331. The van der Waals surface area contributed by atoms with Gasteiger partial charge in [0, 0.05) is 29.6 Å². The second-order valence-electron chi connectivity index (χ2n) is 8.93. The predicted molar refractivity (Wildman–Crippen MR) is 139 cm³/mol. The Hall–Kier alpha value is -3.48. The predicted octanol–water partition coefficient (Wildman–Crippen LogP) is 4.07. The Kier molecular flexibility index (Phi) is 6.65. The molecule has 2 atom stereocenters. The lowest BCUT2D eigenvalue weighted by Gasteiger charge is -2.38. The second-order valence-corrected chi connectivity index (χ2v) is 10.3. The maximum absolute atomic E-state index is 14.3. The number of hydrogen-bond donors (Lipinski definition) is 2. The minimum absolute atomic E-state index is 0.0151. The largest absolute Gasteiger partial charge is 0.494 e. The van der Waals surface area contributed by atoms with Crippen LogP contribution in [-0.4, -0.2) is 67.9 Å². The van der Waals surface area contributed by atoms with Crippen LogP contribution in [0, 0.1) is 6.92 Å². The number of nitrogens with zero attached hydrogens (tertiary/aromatic N) is 6. The van der Waals surface area contributed by atoms with Crippen LogP contribution in [0.2, 0.25) is 5.15 Å². The van der Waals surface area contributed by atoms with Crippen molar-refractivity contribution in [1.29, 1.82) is 0 Å². The highest BCUT2D eigenvalue weighted by atomic mass is 35.5. The fraction of sp³-hybridized carbons (Fsp3) is 0.333. The second kappa shape index (κ2) is 9.77. The highest BCUT2D eigenvalue weighted by Crippen LogP contribution is 2.35. The van der Waals surface area contributed by atoms with Crippen LogP contribution in [0.15, 0.2) is 30.7 Å². The normalized spacial score (nSPS) is 19.7. The van der Waals surface area contributed by atoms with E-state index in [9.17, 15) is 14.3 Å². The number of pyridine rings is 2. The van der Waals surface area contributed by atoms with Crippen molar-refractivity contribution >= 4 is 50.3 Å². The molecule has 0 radical (unpaired) electrons. The summed E-state index contributed by atoms with van der Waals surface area (Å²) in [6.07, 6.45) is 3.36. The number of halogens is 2. The van der Waals surface area contributed by atoms with E-state index in [-0.39, 0.29) is 18.1 Å². The molecule has 0 spiro atoms. The average Bonchev–Trinajstić information content (AvgIpc) is 3.27. The number of fused-ring (bicyclic) bond motifs is 1. The van der Waals surface area contributed by atoms with Crippen molar-refractivity contribution in [3.8, 4) is 16.9 Å². The van der Waals surface area contributed by atoms with E-state index in [1.165, 1.54) is 32.6 Å². The van der Waals surface area contributed by atoms with Gasteiger partial charge in [0.1, 0.15) is 22.9 Å². The number of rotatable bonds is 5. The quantitative estimate of drug-likeness (QED) is 0.358. The van der Waals surface area contributed by atoms with Gasteiger partial charge >= 0.3 is 0 Å². The van der Waals surface area contributed by atoms with Gasteiger partial charge in [-0.25, -0.2) is 19.3 Å². The van der Waals surface area contributed by atoms with Gasteiger partial charge in [0.05, 0.1) is 37.2 Å². The van der Waals surface area contributed by atoms with Gasteiger partial charge in [0.15, 0.2) is 15.6 Å². The third-order valence-electron chi connectivity index (χ3n) is 6.23. The number of thiazole rings is 1. The Labute approximate surface area is 220 Å². The molecular formula is C24H23ClFN7O3S. The number of aryl methyl sites for hydroxylation is 1. The summed E-state index contributed by atoms with van der Waals surface area (Å²) >= 11 is 7.27. The molecule has 4 aromatic heterocycles. The number of aromatic nitrogens is 5. The van der Waals surface area contributed by atoms with Crippen molar-refractivity contribution in [3.05, 3.63) is 47.1 Å². The topological polar surface area (TPSA) is 126 Å². The first-order valence-corrected chi connectivity index (χ1v) is 12.6. The number of carbonyl (C=O) groups excluding carboxylic acids is 1. The number of alkyl halides is 1. The number of anilines is 2. The average molecular weight is 544 g/mol. The van der Waals surface area contributed by atoms with E-state index < -0.39 is 17.7 Å². The number of amides is 1. The van der Waals surface area contributed by atoms with Crippen molar-refractivity contribution in [2.45, 2.75) is 32.0 Å². The molecule has 13 heteroatoms. The van der Waals surface area contributed by atoms with E-state index in [1.54, 1.807) is 17.0 Å². The minimum atomic E-state index is -1.40. The van der Waals surface area contributed by atoms with E-state index in [0.717, 1.165) is 11.3 Å². The molecule has 0 saturated carbocycles. The van der Waals surface area contributed by atoms with Crippen LogP contribution in [-0.2, 0) is 0 Å². The highest BCUT2D eigenvalue weighted by molar-refractivity contribution is 7.21. The van der Waals surface area contributed by atoms with Crippen molar-refractivity contribution in [2.75, 3.05) is 30.4 Å². The zero-order chi connectivity index (χ0) is 26.3. The van der Waals surface area contributed by atoms with Crippen LogP contribution in [0.3, 0.4) is 0 Å². The minimum Gasteiger partial charge on any atom is -0.494 e. The molecule has 0 aromatic carbocycles. The molecule has 10 nitrogen and oxygen atoms in total. The van der Waals surface area contributed by atoms with E-state index in [1.807, 2.05) is 6.92 Å². The zero-order valence-electron chi connectivity index (χ0n) is 20.2. The lowest BCUT2D eigenvalue weighted by Crippen LogP contribution is -2.52. The van der Waals surface area contributed by atoms with Crippen molar-refractivity contribution in [3.63, 3.8) is 0 Å². The molecular weight excluding hydrogens is 521 g/mol. The molecule has 1 fully saturated rings. The molecule has 1 saturated heterocycles. The van der Waals surface area contributed by atoms with Gasteiger partial charge in [0.2, 0.25) is 0 Å². The monoisotopic (exact) mass is 543 g/mol. The molecule has 1 amide bonds. The molecule has 5 rings (SSSR count). The van der Waals surface area contributed by atoms with Gasteiger partial charge in [-0.15, -0.1) is 0 Å². The number of nitrogens with one attached hydrogen (secondary N) is 1. The summed E-state index contributed by atoms with van der Waals surface area (Å²) < 4.78 is 19.8. The van der Waals surface area contributed by atoms with Crippen LogP contribution in [0.4, 0.5) is 15.3 Å². The van der Waals surface area contributed by atoms with Gasteiger partial charge in [-0.2, -0.15) is 4.98 Å². The maximum atomic E-state index is 14.3.